The van der Waals surface area contributed by atoms with Crippen molar-refractivity contribution in [1.29, 1.82) is 0 Å². The molecule has 3 amide bonds. The van der Waals surface area contributed by atoms with Crippen LogP contribution in [-0.4, -0.2) is 74.8 Å². The van der Waals surface area contributed by atoms with E-state index in [1.165, 1.54) is 19.4 Å². The summed E-state index contributed by atoms with van der Waals surface area (Å²) in [5, 5.41) is 21.0. The standard InChI is InChI=1S/C28H28F2N8O5/c1-16-23(17-8-9-31-21(13-17)27(39)36-41)35-38(19-6-4-3-5-7-19)26(16)34-28(40)33-22-15-37(10-11-42-2)43-24(22)18-12-20(29)25(30)32-14-18/h3-9,12-14,22,24,41H,10-11,15H2,1-2H3,(H,36,39)(H2,33,34,40)/t22-,24+/m1/s1. The van der Waals surface area contributed by atoms with Crippen LogP contribution < -0.4 is 16.1 Å². The first-order valence-corrected chi connectivity index (χ1v) is 13.1. The number of nitrogens with one attached hydrogen (secondary N) is 3. The van der Waals surface area contributed by atoms with Crippen LogP contribution in [0.4, 0.5) is 19.4 Å². The van der Waals surface area contributed by atoms with Gasteiger partial charge in [-0.3, -0.25) is 25.1 Å². The van der Waals surface area contributed by atoms with Crippen molar-refractivity contribution >= 4 is 17.8 Å². The third-order valence-corrected chi connectivity index (χ3v) is 6.76. The zero-order valence-electron chi connectivity index (χ0n) is 23.1. The predicted molar refractivity (Wildman–Crippen MR) is 148 cm³/mol. The van der Waals surface area contributed by atoms with E-state index >= 15 is 0 Å². The van der Waals surface area contributed by atoms with Crippen LogP contribution in [0.2, 0.25) is 0 Å². The molecular formula is C28H28F2N8O5. The monoisotopic (exact) mass is 594 g/mol. The van der Waals surface area contributed by atoms with E-state index in [0.717, 1.165) is 12.3 Å². The van der Waals surface area contributed by atoms with E-state index < -0.39 is 35.8 Å². The van der Waals surface area contributed by atoms with Crippen molar-refractivity contribution in [3.05, 3.63) is 89.5 Å². The number of carbonyl (C=O) groups is 2. The zero-order chi connectivity index (χ0) is 30.5. The lowest BCUT2D eigenvalue weighted by Crippen LogP contribution is -2.42. The molecule has 2 atom stereocenters. The third kappa shape index (κ3) is 6.49. The Kier molecular flexibility index (Phi) is 8.96. The summed E-state index contributed by atoms with van der Waals surface area (Å²) >= 11 is 0. The summed E-state index contributed by atoms with van der Waals surface area (Å²) in [5.41, 5.74) is 3.97. The number of pyridine rings is 2. The van der Waals surface area contributed by atoms with Gasteiger partial charge < -0.3 is 10.1 Å². The van der Waals surface area contributed by atoms with Gasteiger partial charge in [0, 0.05) is 49.3 Å². The molecule has 3 aromatic heterocycles. The number of halogens is 2. The summed E-state index contributed by atoms with van der Waals surface area (Å²) in [4.78, 5) is 38.8. The Bertz CT molecular complexity index is 1620. The highest BCUT2D eigenvalue weighted by Gasteiger charge is 2.37. The molecule has 1 aromatic carbocycles. The number of carbonyl (C=O) groups excluding carboxylic acids is 2. The molecule has 224 valence electrons. The molecule has 0 unspecified atom stereocenters. The van der Waals surface area contributed by atoms with Crippen LogP contribution in [0.25, 0.3) is 16.9 Å². The van der Waals surface area contributed by atoms with Gasteiger partial charge in [-0.15, -0.1) is 0 Å². The van der Waals surface area contributed by atoms with Crippen molar-refractivity contribution in [2.75, 3.05) is 32.1 Å². The number of para-hydroxylation sites is 1. The van der Waals surface area contributed by atoms with Gasteiger partial charge >= 0.3 is 6.03 Å². The number of aromatic nitrogens is 4. The van der Waals surface area contributed by atoms with Crippen molar-refractivity contribution in [2.24, 2.45) is 0 Å². The molecule has 0 bridgehead atoms. The number of hydrogen-bond acceptors (Lipinski definition) is 9. The fourth-order valence-corrected chi connectivity index (χ4v) is 4.68. The van der Waals surface area contributed by atoms with E-state index in [-0.39, 0.29) is 17.8 Å². The van der Waals surface area contributed by atoms with Gasteiger partial charge in [0.05, 0.1) is 24.0 Å². The maximum atomic E-state index is 14.0. The normalized spacial score (nSPS) is 16.7. The number of hydroxylamine groups is 3. The SMILES string of the molecule is COCCN1C[C@@H](NC(=O)Nc2c(C)c(-c3ccnc(C(=O)NO)c3)nn2-c2ccccc2)[C@H](c2cnc(F)c(F)c2)O1. The number of nitrogens with zero attached hydrogens (tertiary/aromatic N) is 5. The lowest BCUT2D eigenvalue weighted by molar-refractivity contribution is -0.154. The molecule has 1 fully saturated rings. The Morgan fingerprint density at radius 2 is 1.95 bits per heavy atom. The van der Waals surface area contributed by atoms with E-state index in [1.54, 1.807) is 40.3 Å². The minimum Gasteiger partial charge on any atom is -0.383 e. The third-order valence-electron chi connectivity index (χ3n) is 6.76. The Labute approximate surface area is 244 Å². The number of benzene rings is 1. The van der Waals surface area contributed by atoms with Gasteiger partial charge in [-0.05, 0) is 37.3 Å². The highest BCUT2D eigenvalue weighted by atomic mass is 19.2. The molecule has 1 aliphatic heterocycles. The molecule has 43 heavy (non-hydrogen) atoms. The molecular weight excluding hydrogens is 566 g/mol. The molecule has 13 nitrogen and oxygen atoms in total. The van der Waals surface area contributed by atoms with Crippen molar-refractivity contribution in [3.8, 4) is 16.9 Å². The number of urea groups is 1. The molecule has 4 aromatic rings. The summed E-state index contributed by atoms with van der Waals surface area (Å²) in [5.74, 6) is -2.82. The Morgan fingerprint density at radius 3 is 2.67 bits per heavy atom. The van der Waals surface area contributed by atoms with E-state index in [1.807, 2.05) is 18.2 Å². The Balaban J connectivity index is 1.45. The number of anilines is 1. The van der Waals surface area contributed by atoms with Crippen molar-refractivity contribution in [1.82, 2.24) is 35.6 Å². The fourth-order valence-electron chi connectivity index (χ4n) is 4.68. The first-order valence-electron chi connectivity index (χ1n) is 13.1. The number of hydrogen-bond donors (Lipinski definition) is 4. The second-order valence-electron chi connectivity index (χ2n) is 9.59. The maximum Gasteiger partial charge on any atom is 0.320 e. The summed E-state index contributed by atoms with van der Waals surface area (Å²) in [6.45, 7) is 2.70. The average molecular weight is 595 g/mol. The van der Waals surface area contributed by atoms with Crippen LogP contribution in [0.1, 0.15) is 27.7 Å². The molecule has 15 heteroatoms. The number of amides is 3. The van der Waals surface area contributed by atoms with Crippen molar-refractivity contribution < 1.29 is 33.2 Å². The van der Waals surface area contributed by atoms with E-state index in [0.29, 0.717) is 41.5 Å². The van der Waals surface area contributed by atoms with Gasteiger partial charge in [0.25, 0.3) is 5.91 Å². The predicted octanol–water partition coefficient (Wildman–Crippen LogP) is 3.16. The quantitative estimate of drug-likeness (QED) is 0.130. The van der Waals surface area contributed by atoms with Crippen LogP contribution in [0, 0.1) is 18.7 Å². The number of ether oxygens (including phenoxy) is 1. The summed E-state index contributed by atoms with van der Waals surface area (Å²) in [6.07, 6.45) is 1.72. The first-order chi connectivity index (χ1) is 20.8. The topological polar surface area (TPSA) is 156 Å². The van der Waals surface area contributed by atoms with E-state index in [4.69, 9.17) is 19.9 Å². The van der Waals surface area contributed by atoms with Crippen LogP contribution in [0.3, 0.4) is 0 Å². The lowest BCUT2D eigenvalue weighted by atomic mass is 10.0. The number of rotatable bonds is 9. The van der Waals surface area contributed by atoms with Crippen LogP contribution >= 0.6 is 0 Å². The Morgan fingerprint density at radius 1 is 1.16 bits per heavy atom. The zero-order valence-corrected chi connectivity index (χ0v) is 23.1. The van der Waals surface area contributed by atoms with Crippen molar-refractivity contribution in [2.45, 2.75) is 19.1 Å². The fraction of sp³-hybridized carbons (Fsp3) is 0.250. The van der Waals surface area contributed by atoms with Gasteiger partial charge in [-0.1, -0.05) is 18.2 Å². The highest BCUT2D eigenvalue weighted by molar-refractivity contribution is 5.93. The lowest BCUT2D eigenvalue weighted by Gasteiger charge is -2.19. The molecule has 0 aliphatic carbocycles. The largest absolute Gasteiger partial charge is 0.383 e. The van der Waals surface area contributed by atoms with E-state index in [2.05, 4.69) is 20.6 Å². The van der Waals surface area contributed by atoms with E-state index in [9.17, 15) is 18.4 Å². The Hall–Kier alpha value is -4.83. The molecule has 1 saturated heterocycles. The van der Waals surface area contributed by atoms with Gasteiger partial charge in [-0.2, -0.15) is 14.6 Å². The van der Waals surface area contributed by atoms with Crippen LogP contribution in [0.5, 0.6) is 0 Å². The molecule has 5 rings (SSSR count). The van der Waals surface area contributed by atoms with Gasteiger partial charge in [0.1, 0.15) is 17.6 Å². The van der Waals surface area contributed by atoms with Gasteiger partial charge in [0.15, 0.2) is 5.82 Å². The second kappa shape index (κ2) is 13.0. The van der Waals surface area contributed by atoms with Gasteiger partial charge in [-0.25, -0.2) is 24.3 Å². The first kappa shape index (κ1) is 29.7. The highest BCUT2D eigenvalue weighted by Crippen LogP contribution is 2.32. The minimum atomic E-state index is -1.24. The van der Waals surface area contributed by atoms with Gasteiger partial charge in [0.2, 0.25) is 5.95 Å². The second-order valence-corrected chi connectivity index (χ2v) is 9.59. The van der Waals surface area contributed by atoms with Crippen molar-refractivity contribution in [3.63, 3.8) is 0 Å². The molecule has 0 radical (unpaired) electrons. The maximum absolute atomic E-state index is 14.0. The molecule has 0 spiro atoms. The molecule has 4 heterocycles. The summed E-state index contributed by atoms with van der Waals surface area (Å²) < 4.78 is 34.2. The number of methoxy groups -OCH3 is 1. The molecule has 1 aliphatic rings. The molecule has 4 N–H and O–H groups in total. The smallest absolute Gasteiger partial charge is 0.320 e. The summed E-state index contributed by atoms with van der Waals surface area (Å²) in [7, 11) is 1.54. The molecule has 0 saturated carbocycles. The van der Waals surface area contributed by atoms with Crippen LogP contribution in [-0.2, 0) is 9.57 Å². The summed E-state index contributed by atoms with van der Waals surface area (Å²) in [6, 6.07) is 11.9. The van der Waals surface area contributed by atoms with Crippen LogP contribution in [0.15, 0.2) is 60.9 Å². The minimum absolute atomic E-state index is 0.0297. The average Bonchev–Trinajstić information content (AvgIpc) is 3.57.